The molecule has 5 heteroatoms. The average molecular weight is 359 g/mol. The van der Waals surface area contributed by atoms with Crippen molar-refractivity contribution in [3.05, 3.63) is 0 Å². The van der Waals surface area contributed by atoms with Gasteiger partial charge in [-0.15, -0.1) is 0 Å². The van der Waals surface area contributed by atoms with Gasteiger partial charge in [0.05, 0.1) is 5.92 Å². The first-order chi connectivity index (χ1) is 10.1. The van der Waals surface area contributed by atoms with Gasteiger partial charge in [0.1, 0.15) is 0 Å². The van der Waals surface area contributed by atoms with E-state index in [4.69, 9.17) is 8.85 Å². The minimum Gasteiger partial charge on any atom is -0.518 e. The Bertz CT molecular complexity index is 373. The number of carbonyl (C=O) groups is 1. The lowest BCUT2D eigenvalue weighted by atomic mass is 10.2. The Morgan fingerprint density at radius 2 is 1.43 bits per heavy atom. The highest BCUT2D eigenvalue weighted by atomic mass is 28.4. The fraction of sp³-hybridized carbons (Fsp3) is 0.944. The minimum atomic E-state index is -2.26. The molecule has 2 radical (unpaired) electrons. The molecule has 0 amide bonds. The highest BCUT2D eigenvalue weighted by molar-refractivity contribution is 6.80. The molecule has 1 unspecified atom stereocenters. The molecule has 0 aromatic carbocycles. The van der Waals surface area contributed by atoms with Gasteiger partial charge >= 0.3 is 0 Å². The van der Waals surface area contributed by atoms with Crippen molar-refractivity contribution in [1.82, 2.24) is 0 Å². The second kappa shape index (κ2) is 7.83. The molecular weight excluding hydrogens is 320 g/mol. The van der Waals surface area contributed by atoms with E-state index in [2.05, 4.69) is 48.5 Å². The summed E-state index contributed by atoms with van der Waals surface area (Å²) in [4.78, 5) is 12.7. The van der Waals surface area contributed by atoms with E-state index in [0.29, 0.717) is 9.76 Å². The molecule has 0 fully saturated rings. The van der Waals surface area contributed by atoms with Gasteiger partial charge in [-0.3, -0.25) is 4.79 Å². The van der Waals surface area contributed by atoms with Crippen LogP contribution in [-0.2, 0) is 13.6 Å². The Kier molecular flexibility index (Phi) is 7.78. The van der Waals surface area contributed by atoms with Gasteiger partial charge in [-0.05, 0) is 42.9 Å². The maximum absolute atomic E-state index is 12.7. The Hall–Kier alpha value is -0.136. The van der Waals surface area contributed by atoms with Crippen LogP contribution in [0, 0.1) is 5.92 Å². The van der Waals surface area contributed by atoms with E-state index in [1.54, 1.807) is 0 Å². The molecule has 0 saturated heterocycles. The predicted molar refractivity (Wildman–Crippen MR) is 102 cm³/mol. The van der Waals surface area contributed by atoms with E-state index < -0.39 is 8.32 Å². The molecule has 0 rings (SSSR count). The van der Waals surface area contributed by atoms with Crippen molar-refractivity contribution in [3.8, 4) is 0 Å². The Morgan fingerprint density at radius 1 is 1.00 bits per heavy atom. The third-order valence-electron chi connectivity index (χ3n) is 4.37. The molecule has 0 N–H and O–H groups in total. The maximum Gasteiger partial charge on any atom is 0.295 e. The van der Waals surface area contributed by atoms with E-state index in [1.165, 1.54) is 0 Å². The highest BCUT2D eigenvalue weighted by Gasteiger charge is 2.56. The Morgan fingerprint density at radius 3 is 1.74 bits per heavy atom. The molecule has 0 heterocycles. The number of rotatable bonds is 6. The summed E-state index contributed by atoms with van der Waals surface area (Å²) in [7, 11) is -1.93. The zero-order chi connectivity index (χ0) is 18.7. The molecule has 23 heavy (non-hydrogen) atoms. The number of hydrogen-bond donors (Lipinski definition) is 0. The first-order valence-electron chi connectivity index (χ1n) is 8.71. The van der Waals surface area contributed by atoms with Crippen molar-refractivity contribution in [1.29, 1.82) is 0 Å². The van der Waals surface area contributed by atoms with E-state index in [-0.39, 0.29) is 27.6 Å². The van der Waals surface area contributed by atoms with Crippen molar-refractivity contribution in [3.63, 3.8) is 0 Å². The van der Waals surface area contributed by atoms with Crippen molar-refractivity contribution in [2.75, 3.05) is 0 Å². The van der Waals surface area contributed by atoms with Gasteiger partial charge < -0.3 is 8.85 Å². The van der Waals surface area contributed by atoms with Gasteiger partial charge in [-0.25, -0.2) is 0 Å². The van der Waals surface area contributed by atoms with Gasteiger partial charge in [-0.1, -0.05) is 55.4 Å². The van der Waals surface area contributed by atoms with Gasteiger partial charge in [0, 0.05) is 5.60 Å². The Balaban J connectivity index is 5.06. The van der Waals surface area contributed by atoms with Crippen LogP contribution in [0.5, 0.6) is 0 Å². The molecule has 0 bridgehead atoms. The zero-order valence-electron chi connectivity index (χ0n) is 17.2. The molecule has 0 spiro atoms. The van der Waals surface area contributed by atoms with Crippen LogP contribution >= 0.6 is 0 Å². The summed E-state index contributed by atoms with van der Waals surface area (Å²) >= 11 is 0. The van der Waals surface area contributed by atoms with Gasteiger partial charge in [0.2, 0.25) is 9.76 Å². The largest absolute Gasteiger partial charge is 0.518 e. The van der Waals surface area contributed by atoms with Crippen LogP contribution in [0.2, 0.25) is 22.2 Å². The summed E-state index contributed by atoms with van der Waals surface area (Å²) in [5.74, 6) is -0.160. The van der Waals surface area contributed by atoms with Crippen LogP contribution in [0.25, 0.3) is 0 Å². The van der Waals surface area contributed by atoms with Crippen molar-refractivity contribution in [2.45, 2.75) is 104 Å². The molecule has 0 aromatic heterocycles. The van der Waals surface area contributed by atoms with Crippen LogP contribution in [0.3, 0.4) is 0 Å². The number of carbonyl (C=O) groups excluding carboxylic acids is 1. The standard InChI is InChI=1S/C18H38O3Si2/c1-12-23(17(6,7)8,18(9,10)11)20-15(19)14(2)13-22-21-16(3,4)5/h14H,12-13H2,1-11H3. The fourth-order valence-corrected chi connectivity index (χ4v) is 9.91. The Labute approximate surface area is 148 Å². The summed E-state index contributed by atoms with van der Waals surface area (Å²) in [5, 5.41) is 0.0269. The zero-order valence-corrected chi connectivity index (χ0v) is 19.2. The maximum atomic E-state index is 12.7. The second-order valence-corrected chi connectivity index (χ2v) is 16.0. The molecule has 0 saturated carbocycles. The smallest absolute Gasteiger partial charge is 0.295 e. The van der Waals surface area contributed by atoms with Crippen molar-refractivity contribution >= 4 is 24.0 Å². The lowest BCUT2D eigenvalue weighted by Gasteiger charge is -2.49. The summed E-state index contributed by atoms with van der Waals surface area (Å²) in [6.45, 7) is 23.6. The van der Waals surface area contributed by atoms with E-state index >= 15 is 0 Å². The average Bonchev–Trinajstić information content (AvgIpc) is 2.30. The number of hydrogen-bond acceptors (Lipinski definition) is 3. The molecule has 0 aliphatic heterocycles. The van der Waals surface area contributed by atoms with E-state index in [9.17, 15) is 4.79 Å². The predicted octanol–water partition coefficient (Wildman–Crippen LogP) is 5.58. The minimum absolute atomic E-state index is 0.0135. The first-order valence-corrected chi connectivity index (χ1v) is 11.9. The van der Waals surface area contributed by atoms with Crippen molar-refractivity contribution in [2.24, 2.45) is 5.92 Å². The molecule has 0 aliphatic carbocycles. The lowest BCUT2D eigenvalue weighted by Crippen LogP contribution is -2.55. The molecule has 3 nitrogen and oxygen atoms in total. The van der Waals surface area contributed by atoms with Crippen LogP contribution in [0.4, 0.5) is 0 Å². The van der Waals surface area contributed by atoms with Gasteiger partial charge in [0.25, 0.3) is 14.3 Å². The highest BCUT2D eigenvalue weighted by Crippen LogP contribution is 2.53. The van der Waals surface area contributed by atoms with Gasteiger partial charge in [0.15, 0.2) is 0 Å². The van der Waals surface area contributed by atoms with Crippen LogP contribution < -0.4 is 0 Å². The lowest BCUT2D eigenvalue weighted by molar-refractivity contribution is -0.139. The SMILES string of the molecule is CC[Si](OC(=O)C(C)C[Si]OC(C)(C)C)(C(C)(C)C)C(C)(C)C. The molecule has 0 aliphatic rings. The van der Waals surface area contributed by atoms with Gasteiger partial charge in [-0.2, -0.15) is 0 Å². The topological polar surface area (TPSA) is 35.5 Å². The van der Waals surface area contributed by atoms with Crippen molar-refractivity contribution < 1.29 is 13.6 Å². The fourth-order valence-electron chi connectivity index (χ4n) is 3.30. The summed E-state index contributed by atoms with van der Waals surface area (Å²) < 4.78 is 12.1. The molecule has 136 valence electrons. The second-order valence-electron chi connectivity index (χ2n) is 9.57. The molecular formula is C18H38O3Si2. The summed E-state index contributed by atoms with van der Waals surface area (Å²) in [6, 6.07) is 1.68. The summed E-state index contributed by atoms with van der Waals surface area (Å²) in [6.07, 6.45) is 0. The normalized spacial score (nSPS) is 15.4. The monoisotopic (exact) mass is 358 g/mol. The molecule has 1 atom stereocenters. The van der Waals surface area contributed by atoms with E-state index in [0.717, 1.165) is 12.1 Å². The first kappa shape index (κ1) is 22.9. The van der Waals surface area contributed by atoms with E-state index in [1.807, 2.05) is 27.7 Å². The molecule has 0 aromatic rings. The van der Waals surface area contributed by atoms with Crippen LogP contribution in [0.15, 0.2) is 0 Å². The quantitative estimate of drug-likeness (QED) is 0.581. The van der Waals surface area contributed by atoms with Crippen LogP contribution in [0.1, 0.15) is 76.2 Å². The summed E-state index contributed by atoms with van der Waals surface area (Å²) in [5.41, 5.74) is -0.152. The third-order valence-corrected chi connectivity index (χ3v) is 12.3. The third kappa shape index (κ3) is 6.35. The van der Waals surface area contributed by atoms with Crippen LogP contribution in [-0.4, -0.2) is 29.7 Å².